The Morgan fingerprint density at radius 1 is 1.29 bits per heavy atom. The van der Waals surface area contributed by atoms with Gasteiger partial charge in [-0.15, -0.1) is 0 Å². The quantitative estimate of drug-likeness (QED) is 0.534. The highest BCUT2D eigenvalue weighted by Crippen LogP contribution is 2.36. The molecule has 1 amide bonds. The normalized spacial score (nSPS) is 25.1. The van der Waals surface area contributed by atoms with Gasteiger partial charge in [0, 0.05) is 17.9 Å². The fraction of sp³-hybridized carbons (Fsp3) is 0.769. The van der Waals surface area contributed by atoms with E-state index in [1.165, 1.54) is 22.7 Å². The van der Waals surface area contributed by atoms with Crippen LogP contribution in [-0.2, 0) is 19.0 Å². The first-order chi connectivity index (χ1) is 10.8. The summed E-state index contributed by atoms with van der Waals surface area (Å²) in [5.41, 5.74) is -6.20. The van der Waals surface area contributed by atoms with Crippen LogP contribution >= 0.6 is 11.8 Å². The number of halogens is 3. The Morgan fingerprint density at radius 3 is 2.42 bits per heavy atom. The molecule has 1 saturated heterocycles. The first-order valence-corrected chi connectivity index (χ1v) is 9.67. The number of hydrogen-bond acceptors (Lipinski definition) is 6. The summed E-state index contributed by atoms with van der Waals surface area (Å²) in [6, 6.07) is -1.05. The van der Waals surface area contributed by atoms with E-state index in [2.05, 4.69) is 4.18 Å². The highest BCUT2D eigenvalue weighted by atomic mass is 32.2. The monoisotopic (exact) mass is 389 g/mol. The van der Waals surface area contributed by atoms with Crippen LogP contribution in [0.15, 0.2) is 11.8 Å². The van der Waals surface area contributed by atoms with E-state index in [-0.39, 0.29) is 12.2 Å². The zero-order valence-electron chi connectivity index (χ0n) is 13.3. The number of hydrogen-bond donors (Lipinski definition) is 0. The molecule has 6 nitrogen and oxygen atoms in total. The zero-order valence-corrected chi connectivity index (χ0v) is 14.9. The van der Waals surface area contributed by atoms with E-state index in [0.717, 1.165) is 0 Å². The number of ether oxygens (including phenoxy) is 1. The summed E-state index contributed by atoms with van der Waals surface area (Å²) in [4.78, 5) is 13.7. The Kier molecular flexibility index (Phi) is 5.06. The van der Waals surface area contributed by atoms with Crippen LogP contribution in [0.2, 0.25) is 0 Å². The maximum Gasteiger partial charge on any atom is 0.534 e. The van der Waals surface area contributed by atoms with Gasteiger partial charge in [0.2, 0.25) is 0 Å². The van der Waals surface area contributed by atoms with Crippen molar-refractivity contribution in [2.75, 3.05) is 11.5 Å². The molecule has 24 heavy (non-hydrogen) atoms. The van der Waals surface area contributed by atoms with Gasteiger partial charge in [0.05, 0.1) is 12.1 Å². The number of nitrogens with zero attached hydrogens (tertiary/aromatic N) is 1. The lowest BCUT2D eigenvalue weighted by molar-refractivity contribution is -0.0529. The first-order valence-electron chi connectivity index (χ1n) is 7.11. The van der Waals surface area contributed by atoms with Crippen molar-refractivity contribution in [3.05, 3.63) is 11.8 Å². The molecule has 2 unspecified atom stereocenters. The molecule has 0 spiro atoms. The van der Waals surface area contributed by atoms with Crippen LogP contribution < -0.4 is 0 Å². The number of rotatable bonds is 2. The van der Waals surface area contributed by atoms with Crippen molar-refractivity contribution >= 4 is 28.0 Å². The van der Waals surface area contributed by atoms with Gasteiger partial charge in [-0.3, -0.25) is 4.90 Å². The molecule has 2 aliphatic rings. The predicted octanol–water partition coefficient (Wildman–Crippen LogP) is 2.86. The molecule has 2 bridgehead atoms. The van der Waals surface area contributed by atoms with Gasteiger partial charge in [0.25, 0.3) is 0 Å². The second-order valence-corrected chi connectivity index (χ2v) is 9.08. The van der Waals surface area contributed by atoms with Gasteiger partial charge >= 0.3 is 21.7 Å². The average Bonchev–Trinajstić information content (AvgIpc) is 2.33. The summed E-state index contributed by atoms with van der Waals surface area (Å²) >= 11 is 1.53. The van der Waals surface area contributed by atoms with Gasteiger partial charge in [-0.1, -0.05) is 0 Å². The highest BCUT2D eigenvalue weighted by Gasteiger charge is 2.50. The Hall–Kier alpha value is -1.10. The van der Waals surface area contributed by atoms with Crippen molar-refractivity contribution in [2.24, 2.45) is 0 Å². The van der Waals surface area contributed by atoms with E-state index in [4.69, 9.17) is 4.74 Å². The number of carbonyl (C=O) groups is 1. The molecule has 0 aliphatic carbocycles. The van der Waals surface area contributed by atoms with Crippen LogP contribution in [0.25, 0.3) is 0 Å². The number of amides is 1. The van der Waals surface area contributed by atoms with Crippen molar-refractivity contribution in [2.45, 2.75) is 50.4 Å². The van der Waals surface area contributed by atoms with E-state index in [1.54, 1.807) is 20.8 Å². The lowest BCUT2D eigenvalue weighted by Crippen LogP contribution is -2.55. The molecule has 0 aromatic carbocycles. The molecular formula is C13H18F3NO5S2. The molecule has 0 aromatic heterocycles. The molecule has 2 aliphatic heterocycles. The maximum atomic E-state index is 12.4. The molecular weight excluding hydrogens is 371 g/mol. The van der Waals surface area contributed by atoms with Crippen LogP contribution in [0.4, 0.5) is 18.0 Å². The van der Waals surface area contributed by atoms with Crippen LogP contribution in [-0.4, -0.2) is 54.1 Å². The van der Waals surface area contributed by atoms with E-state index in [1.807, 2.05) is 0 Å². The fourth-order valence-corrected chi connectivity index (χ4v) is 4.09. The second-order valence-electron chi connectivity index (χ2n) is 6.47. The van der Waals surface area contributed by atoms with Crippen LogP contribution in [0.5, 0.6) is 0 Å². The van der Waals surface area contributed by atoms with Crippen molar-refractivity contribution in [3.8, 4) is 0 Å². The summed E-state index contributed by atoms with van der Waals surface area (Å²) in [6.07, 6.45) is 0.556. The number of carbonyl (C=O) groups excluding carboxylic acids is 1. The summed E-state index contributed by atoms with van der Waals surface area (Å²) < 4.78 is 69.2. The summed E-state index contributed by atoms with van der Waals surface area (Å²) in [5, 5.41) is 0. The first kappa shape index (κ1) is 19.2. The summed E-state index contributed by atoms with van der Waals surface area (Å²) in [5.74, 6) is 0.597. The second kappa shape index (κ2) is 6.32. The third-order valence-electron chi connectivity index (χ3n) is 3.27. The molecule has 1 fully saturated rings. The minimum absolute atomic E-state index is 0.113. The van der Waals surface area contributed by atoms with Crippen molar-refractivity contribution < 1.29 is 35.3 Å². The minimum atomic E-state index is -5.70. The SMILES string of the molecule is CC(C)(C)OC(=O)N1C2C=C(OS(=O)(=O)C(F)(F)F)CC1CSC2. The molecule has 0 N–H and O–H groups in total. The van der Waals surface area contributed by atoms with Crippen LogP contribution in [0, 0.1) is 0 Å². The maximum absolute atomic E-state index is 12.4. The van der Waals surface area contributed by atoms with E-state index in [0.29, 0.717) is 11.5 Å². The van der Waals surface area contributed by atoms with E-state index < -0.39 is 39.4 Å². The van der Waals surface area contributed by atoms with Gasteiger partial charge in [-0.05, 0) is 26.8 Å². The van der Waals surface area contributed by atoms with Gasteiger partial charge in [-0.25, -0.2) is 4.79 Å². The third kappa shape index (κ3) is 4.29. The van der Waals surface area contributed by atoms with Gasteiger partial charge < -0.3 is 8.92 Å². The predicted molar refractivity (Wildman–Crippen MR) is 81.7 cm³/mol. The molecule has 0 radical (unpaired) electrons. The van der Waals surface area contributed by atoms with Gasteiger partial charge in [-0.2, -0.15) is 33.4 Å². The Labute approximate surface area is 142 Å². The molecule has 0 aromatic rings. The summed E-state index contributed by atoms with van der Waals surface area (Å²) in [7, 11) is -5.70. The average molecular weight is 389 g/mol. The highest BCUT2D eigenvalue weighted by molar-refractivity contribution is 7.99. The van der Waals surface area contributed by atoms with Crippen molar-refractivity contribution in [1.82, 2.24) is 4.90 Å². The smallest absolute Gasteiger partial charge is 0.444 e. The molecule has 0 saturated carbocycles. The zero-order chi connectivity index (χ0) is 18.3. The Balaban J connectivity index is 2.20. The Bertz CT molecular complexity index is 639. The van der Waals surface area contributed by atoms with Gasteiger partial charge in [0.15, 0.2) is 0 Å². The van der Waals surface area contributed by atoms with Crippen molar-refractivity contribution in [3.63, 3.8) is 0 Å². The number of alkyl halides is 3. The van der Waals surface area contributed by atoms with E-state index >= 15 is 0 Å². The lowest BCUT2D eigenvalue weighted by atomic mass is 10.0. The number of fused-ring (bicyclic) bond motifs is 2. The van der Waals surface area contributed by atoms with Gasteiger partial charge in [0.1, 0.15) is 11.4 Å². The fourth-order valence-electron chi connectivity index (χ4n) is 2.41. The number of thioether (sulfide) groups is 1. The lowest BCUT2D eigenvalue weighted by Gasteiger charge is -2.44. The van der Waals surface area contributed by atoms with Crippen LogP contribution in [0.3, 0.4) is 0 Å². The topological polar surface area (TPSA) is 72.9 Å². The molecule has 2 heterocycles. The Morgan fingerprint density at radius 2 is 1.92 bits per heavy atom. The molecule has 2 atom stereocenters. The molecule has 11 heteroatoms. The molecule has 2 rings (SSSR count). The largest absolute Gasteiger partial charge is 0.534 e. The van der Waals surface area contributed by atoms with Crippen molar-refractivity contribution in [1.29, 1.82) is 0 Å². The standard InChI is InChI=1S/C13H18F3NO5S2/c1-12(2,3)21-11(18)17-8-4-10(5-9(17)7-23-6-8)22-24(19,20)13(14,15)16/h4,8-9H,5-7H2,1-3H3. The van der Waals surface area contributed by atoms with Crippen LogP contribution in [0.1, 0.15) is 27.2 Å². The molecule has 138 valence electrons. The third-order valence-corrected chi connectivity index (χ3v) is 5.47. The van der Waals surface area contributed by atoms with E-state index in [9.17, 15) is 26.4 Å². The minimum Gasteiger partial charge on any atom is -0.444 e. The summed E-state index contributed by atoms with van der Waals surface area (Å²) in [6.45, 7) is 5.12.